The number of carbonyl (C=O) groups excluding carboxylic acids is 1. The van der Waals surface area contributed by atoms with Crippen LogP contribution in [0, 0.1) is 5.92 Å². The molecule has 1 amide bonds. The molecule has 0 radical (unpaired) electrons. The van der Waals surface area contributed by atoms with E-state index in [1.807, 2.05) is 9.47 Å². The van der Waals surface area contributed by atoms with Gasteiger partial charge in [0.25, 0.3) is 0 Å². The van der Waals surface area contributed by atoms with Gasteiger partial charge in [-0.3, -0.25) is 14.4 Å². The van der Waals surface area contributed by atoms with Gasteiger partial charge in [0, 0.05) is 58.2 Å². The van der Waals surface area contributed by atoms with Crippen LogP contribution in [-0.2, 0) is 24.3 Å². The summed E-state index contributed by atoms with van der Waals surface area (Å²) in [6.07, 6.45) is 9.32. The van der Waals surface area contributed by atoms with E-state index in [1.54, 1.807) is 11.7 Å². The van der Waals surface area contributed by atoms with Crippen LogP contribution in [0.2, 0.25) is 0 Å². The molecule has 2 fully saturated rings. The van der Waals surface area contributed by atoms with E-state index in [9.17, 15) is 9.59 Å². The second-order valence-corrected chi connectivity index (χ2v) is 8.78. The second-order valence-electron chi connectivity index (χ2n) is 8.78. The van der Waals surface area contributed by atoms with Crippen LogP contribution in [0.4, 0.5) is 0 Å². The van der Waals surface area contributed by atoms with Crippen molar-refractivity contribution in [2.45, 2.75) is 76.9 Å². The molecule has 2 N–H and O–H groups in total. The summed E-state index contributed by atoms with van der Waals surface area (Å²) in [6, 6.07) is 0.240. The molecule has 1 unspecified atom stereocenters. The summed E-state index contributed by atoms with van der Waals surface area (Å²) in [5.41, 5.74) is 0.0187. The number of aliphatic imine (C=N–C) groups is 1. The molecular formula is C21H36IN7O2. The van der Waals surface area contributed by atoms with Crippen LogP contribution in [0.1, 0.15) is 57.2 Å². The minimum atomic E-state index is 0. The fraction of sp³-hybridized carbons (Fsp3) is 0.810. The van der Waals surface area contributed by atoms with Crippen LogP contribution in [0.25, 0.3) is 0 Å². The molecule has 174 valence electrons. The molecule has 1 aromatic rings. The third-order valence-corrected chi connectivity index (χ3v) is 6.64. The first-order valence-electron chi connectivity index (χ1n) is 11.6. The maximum absolute atomic E-state index is 12.6. The van der Waals surface area contributed by atoms with Gasteiger partial charge in [0.2, 0.25) is 5.91 Å². The van der Waals surface area contributed by atoms with Gasteiger partial charge in [0.15, 0.2) is 5.96 Å². The fourth-order valence-electron chi connectivity index (χ4n) is 4.93. The van der Waals surface area contributed by atoms with Crippen molar-refractivity contribution in [1.29, 1.82) is 0 Å². The number of nitrogens with one attached hydrogen (secondary N) is 2. The summed E-state index contributed by atoms with van der Waals surface area (Å²) in [5.74, 6) is 2.27. The number of guanidine groups is 1. The number of aryl methyl sites for hydroxylation is 2. The van der Waals surface area contributed by atoms with Crippen LogP contribution in [0.3, 0.4) is 0 Å². The van der Waals surface area contributed by atoms with Gasteiger partial charge in [-0.05, 0) is 38.5 Å². The lowest BCUT2D eigenvalue weighted by Crippen LogP contribution is -2.45. The highest BCUT2D eigenvalue weighted by Crippen LogP contribution is 2.27. The van der Waals surface area contributed by atoms with Gasteiger partial charge < -0.3 is 15.5 Å². The van der Waals surface area contributed by atoms with E-state index < -0.39 is 0 Å². The van der Waals surface area contributed by atoms with E-state index in [0.29, 0.717) is 19.0 Å². The van der Waals surface area contributed by atoms with E-state index in [0.717, 1.165) is 76.4 Å². The van der Waals surface area contributed by atoms with Crippen LogP contribution in [-0.4, -0.2) is 63.8 Å². The largest absolute Gasteiger partial charge is 0.356 e. The molecule has 1 saturated heterocycles. The van der Waals surface area contributed by atoms with Crippen molar-refractivity contribution in [1.82, 2.24) is 29.9 Å². The number of likely N-dealkylation sites (tertiary alicyclic amines) is 1. The first kappa shape index (κ1) is 24.1. The molecule has 1 aromatic heterocycles. The van der Waals surface area contributed by atoms with Gasteiger partial charge in [-0.15, -0.1) is 24.0 Å². The Hall–Kier alpha value is -1.59. The summed E-state index contributed by atoms with van der Waals surface area (Å²) in [6.45, 7) is 3.70. The number of fused-ring (bicyclic) bond motifs is 1. The van der Waals surface area contributed by atoms with Crippen molar-refractivity contribution in [2.24, 2.45) is 10.9 Å². The van der Waals surface area contributed by atoms with Gasteiger partial charge in [-0.2, -0.15) is 5.10 Å². The molecule has 1 aliphatic carbocycles. The van der Waals surface area contributed by atoms with Gasteiger partial charge >= 0.3 is 5.69 Å². The number of nitrogens with zero attached hydrogens (tertiary/aromatic N) is 5. The van der Waals surface area contributed by atoms with Crippen molar-refractivity contribution in [3.63, 3.8) is 0 Å². The first-order chi connectivity index (χ1) is 14.7. The fourth-order valence-corrected chi connectivity index (χ4v) is 4.93. The van der Waals surface area contributed by atoms with Crippen LogP contribution in [0.15, 0.2) is 9.79 Å². The molecule has 0 aromatic carbocycles. The van der Waals surface area contributed by atoms with Gasteiger partial charge in [-0.1, -0.05) is 12.8 Å². The van der Waals surface area contributed by atoms with Crippen molar-refractivity contribution in [2.75, 3.05) is 26.7 Å². The lowest BCUT2D eigenvalue weighted by molar-refractivity contribution is -0.134. The van der Waals surface area contributed by atoms with Gasteiger partial charge in [0.05, 0.1) is 0 Å². The highest BCUT2D eigenvalue weighted by molar-refractivity contribution is 14.0. The molecule has 9 nitrogen and oxygen atoms in total. The Morgan fingerprint density at radius 1 is 1.16 bits per heavy atom. The Morgan fingerprint density at radius 2 is 1.97 bits per heavy atom. The molecule has 1 atom stereocenters. The predicted molar refractivity (Wildman–Crippen MR) is 131 cm³/mol. The minimum absolute atomic E-state index is 0. The molecule has 4 rings (SSSR count). The molecular weight excluding hydrogens is 509 g/mol. The number of hydrogen-bond acceptors (Lipinski definition) is 4. The number of halogens is 1. The summed E-state index contributed by atoms with van der Waals surface area (Å²) in [4.78, 5) is 31.3. The molecule has 1 saturated carbocycles. The highest BCUT2D eigenvalue weighted by Gasteiger charge is 2.32. The number of amides is 1. The summed E-state index contributed by atoms with van der Waals surface area (Å²) in [7, 11) is 1.76. The highest BCUT2D eigenvalue weighted by atomic mass is 127. The Morgan fingerprint density at radius 3 is 2.71 bits per heavy atom. The first-order valence-corrected chi connectivity index (χ1v) is 11.6. The maximum Gasteiger partial charge on any atom is 0.345 e. The summed E-state index contributed by atoms with van der Waals surface area (Å²) < 4.78 is 3.41. The summed E-state index contributed by atoms with van der Waals surface area (Å²) >= 11 is 0. The molecule has 0 spiro atoms. The molecule has 31 heavy (non-hydrogen) atoms. The quantitative estimate of drug-likeness (QED) is 0.244. The number of carbonyl (C=O) groups is 1. The zero-order chi connectivity index (χ0) is 20.9. The second kappa shape index (κ2) is 11.3. The number of hydrogen-bond donors (Lipinski definition) is 2. The standard InChI is InChI=1S/C21H35N7O2.HI/c1-22-20(24-17-10-14-26(15-17)19(29)16-7-2-3-8-16)23-11-6-13-28-21(30)27-12-5-4-9-18(27)25-28;/h16-17H,2-15H2,1H3,(H2,22,23,24);1H. The molecule has 3 aliphatic rings. The monoisotopic (exact) mass is 545 g/mol. The predicted octanol–water partition coefficient (Wildman–Crippen LogP) is 1.35. The Kier molecular flexibility index (Phi) is 8.79. The molecule has 3 heterocycles. The SMILES string of the molecule is CN=C(NCCCn1nc2n(c1=O)CCCC2)NC1CCN(C(=O)C2CCCC2)C1.I. The lowest BCUT2D eigenvalue weighted by Gasteiger charge is -2.21. The van der Waals surface area contributed by atoms with Crippen molar-refractivity contribution >= 4 is 35.8 Å². The number of aromatic nitrogens is 3. The van der Waals surface area contributed by atoms with Crippen molar-refractivity contribution in [3.05, 3.63) is 16.3 Å². The average Bonchev–Trinajstić information content (AvgIpc) is 3.51. The Bertz CT molecular complexity index is 828. The maximum atomic E-state index is 12.6. The van der Waals surface area contributed by atoms with Crippen LogP contribution in [0.5, 0.6) is 0 Å². The Labute approximate surface area is 201 Å². The van der Waals surface area contributed by atoms with Gasteiger partial charge in [0.1, 0.15) is 5.82 Å². The van der Waals surface area contributed by atoms with Crippen molar-refractivity contribution in [3.8, 4) is 0 Å². The topological polar surface area (TPSA) is 96.6 Å². The molecule has 2 aliphatic heterocycles. The van der Waals surface area contributed by atoms with E-state index in [4.69, 9.17) is 0 Å². The minimum Gasteiger partial charge on any atom is -0.356 e. The molecule has 0 bridgehead atoms. The van der Waals surface area contributed by atoms with E-state index in [-0.39, 0.29) is 41.6 Å². The zero-order valence-corrected chi connectivity index (χ0v) is 20.8. The average molecular weight is 545 g/mol. The zero-order valence-electron chi connectivity index (χ0n) is 18.5. The van der Waals surface area contributed by atoms with Crippen LogP contribution >= 0.6 is 24.0 Å². The van der Waals surface area contributed by atoms with E-state index in [2.05, 4.69) is 20.7 Å². The molecule has 10 heteroatoms. The van der Waals surface area contributed by atoms with Crippen molar-refractivity contribution < 1.29 is 4.79 Å². The Balaban J connectivity index is 0.00000272. The van der Waals surface area contributed by atoms with Gasteiger partial charge in [-0.25, -0.2) is 9.48 Å². The lowest BCUT2D eigenvalue weighted by atomic mass is 10.1. The smallest absolute Gasteiger partial charge is 0.345 e. The van der Waals surface area contributed by atoms with E-state index >= 15 is 0 Å². The number of rotatable bonds is 6. The summed E-state index contributed by atoms with van der Waals surface area (Å²) in [5, 5.41) is 11.3. The third-order valence-electron chi connectivity index (χ3n) is 6.64. The van der Waals surface area contributed by atoms with Crippen LogP contribution < -0.4 is 16.3 Å². The van der Waals surface area contributed by atoms with E-state index in [1.165, 1.54) is 12.8 Å². The normalized spacial score (nSPS) is 21.6. The third kappa shape index (κ3) is 5.81.